The van der Waals surface area contributed by atoms with Crippen LogP contribution in [0.15, 0.2) is 58.1 Å². The van der Waals surface area contributed by atoms with Gasteiger partial charge in [0.2, 0.25) is 11.8 Å². The highest BCUT2D eigenvalue weighted by molar-refractivity contribution is 9.10. The van der Waals surface area contributed by atoms with Gasteiger partial charge in [-0.15, -0.1) is 5.10 Å². The second kappa shape index (κ2) is 8.58. The Labute approximate surface area is 170 Å². The van der Waals surface area contributed by atoms with Crippen LogP contribution in [0.4, 0.5) is 0 Å². The van der Waals surface area contributed by atoms with E-state index in [2.05, 4.69) is 26.3 Å². The molecule has 1 aliphatic heterocycles. The van der Waals surface area contributed by atoms with Crippen LogP contribution in [0.5, 0.6) is 5.75 Å². The molecule has 1 atom stereocenters. The summed E-state index contributed by atoms with van der Waals surface area (Å²) in [5.41, 5.74) is 1.95. The molecule has 27 heavy (non-hydrogen) atoms. The van der Waals surface area contributed by atoms with Crippen molar-refractivity contribution >= 4 is 44.7 Å². The van der Waals surface area contributed by atoms with E-state index >= 15 is 0 Å². The number of rotatable bonds is 4. The van der Waals surface area contributed by atoms with Crippen molar-refractivity contribution in [1.29, 1.82) is 0 Å². The number of hydrogen-bond acceptors (Lipinski definition) is 5. The molecule has 2 aromatic carbocycles. The van der Waals surface area contributed by atoms with E-state index in [1.54, 1.807) is 0 Å². The minimum atomic E-state index is -0.344. The van der Waals surface area contributed by atoms with Crippen LogP contribution in [0.25, 0.3) is 0 Å². The van der Waals surface area contributed by atoms with E-state index in [0.29, 0.717) is 17.5 Å². The molecule has 1 N–H and O–H groups in total. The average Bonchev–Trinajstić information content (AvgIpc) is 3.05. The Morgan fingerprint density at radius 3 is 2.59 bits per heavy atom. The predicted molar refractivity (Wildman–Crippen MR) is 109 cm³/mol. The van der Waals surface area contributed by atoms with Crippen LogP contribution in [0, 0.1) is 0 Å². The molecule has 0 fully saturated rings. The third-order valence-corrected chi connectivity index (χ3v) is 5.45. The summed E-state index contributed by atoms with van der Waals surface area (Å²) in [4.78, 5) is 23.2. The highest BCUT2D eigenvalue weighted by Crippen LogP contribution is 2.41. The van der Waals surface area contributed by atoms with E-state index in [-0.39, 0.29) is 17.2 Å². The highest BCUT2D eigenvalue weighted by atomic mass is 79.9. The number of hydrogen-bond donors (Lipinski definition) is 1. The number of benzene rings is 2. The van der Waals surface area contributed by atoms with Gasteiger partial charge in [-0.05, 0) is 39.2 Å². The average molecular weight is 448 g/mol. The smallest absolute Gasteiger partial charge is 0.241 e. The summed E-state index contributed by atoms with van der Waals surface area (Å²) in [6.45, 7) is 3.32. The quantitative estimate of drug-likeness (QED) is 0.767. The molecule has 0 bridgehead atoms. The van der Waals surface area contributed by atoms with Gasteiger partial charge in [0, 0.05) is 13.8 Å². The lowest BCUT2D eigenvalue weighted by atomic mass is 10.2. The first kappa shape index (κ1) is 19.4. The minimum absolute atomic E-state index is 0.201. The van der Waals surface area contributed by atoms with Gasteiger partial charge in [0.15, 0.2) is 5.17 Å². The summed E-state index contributed by atoms with van der Waals surface area (Å²) in [5.74, 6) is 0.285. The molecule has 1 heterocycles. The molecule has 0 aliphatic carbocycles. The van der Waals surface area contributed by atoms with Gasteiger partial charge in [-0.25, -0.2) is 5.01 Å². The largest absolute Gasteiger partial charge is 0.488 e. The van der Waals surface area contributed by atoms with E-state index < -0.39 is 0 Å². The first-order valence-electron chi connectivity index (χ1n) is 8.23. The normalized spacial score (nSPS) is 16.0. The third-order valence-electron chi connectivity index (χ3n) is 3.73. The maximum atomic E-state index is 11.9. The monoisotopic (exact) mass is 447 g/mol. The summed E-state index contributed by atoms with van der Waals surface area (Å²) in [7, 11) is 0. The number of thioether (sulfide) groups is 1. The summed E-state index contributed by atoms with van der Waals surface area (Å²) >= 11 is 4.85. The molecule has 0 spiro atoms. The Bertz CT molecular complexity index is 889. The Hall–Kier alpha value is -2.32. The van der Waals surface area contributed by atoms with E-state index in [1.807, 2.05) is 48.5 Å². The standard InChI is InChI=1S/C19H18BrN3O3S/c1-12(24)21-19-22-23(13(2)25)18(27-19)15-8-9-17(16(20)10-15)26-11-14-6-4-3-5-7-14/h3-10,18H,11H2,1-2H3,(H,21,22,24)/t18-/m1/s1. The van der Waals surface area contributed by atoms with Gasteiger partial charge in [-0.2, -0.15) is 0 Å². The molecular formula is C19H18BrN3O3S. The van der Waals surface area contributed by atoms with Crippen molar-refractivity contribution in [2.75, 3.05) is 0 Å². The van der Waals surface area contributed by atoms with Gasteiger partial charge in [0.25, 0.3) is 0 Å². The molecule has 8 heteroatoms. The maximum absolute atomic E-state index is 11.9. The number of amides is 2. The number of hydrazone groups is 1. The van der Waals surface area contributed by atoms with Crippen molar-refractivity contribution in [3.8, 4) is 5.75 Å². The third kappa shape index (κ3) is 4.90. The molecule has 0 aromatic heterocycles. The second-order valence-corrected chi connectivity index (χ2v) is 7.81. The predicted octanol–water partition coefficient (Wildman–Crippen LogP) is 4.03. The molecular weight excluding hydrogens is 430 g/mol. The van der Waals surface area contributed by atoms with Gasteiger partial charge < -0.3 is 10.1 Å². The van der Waals surface area contributed by atoms with Crippen molar-refractivity contribution in [2.24, 2.45) is 5.10 Å². The number of carbonyl (C=O) groups is 2. The number of nitrogens with one attached hydrogen (secondary N) is 1. The van der Waals surface area contributed by atoms with E-state index in [1.165, 1.54) is 30.6 Å². The number of nitrogens with zero attached hydrogens (tertiary/aromatic N) is 2. The molecule has 0 unspecified atom stereocenters. The molecule has 0 saturated heterocycles. The molecule has 2 amide bonds. The zero-order valence-electron chi connectivity index (χ0n) is 14.8. The summed E-state index contributed by atoms with van der Waals surface area (Å²) in [6, 6.07) is 15.6. The highest BCUT2D eigenvalue weighted by Gasteiger charge is 2.32. The minimum Gasteiger partial charge on any atom is -0.488 e. The fraction of sp³-hybridized carbons (Fsp3) is 0.211. The summed E-state index contributed by atoms with van der Waals surface area (Å²) in [6.07, 6.45) is 0. The molecule has 0 saturated carbocycles. The van der Waals surface area contributed by atoms with Gasteiger partial charge in [0.05, 0.1) is 4.47 Å². The Balaban J connectivity index is 1.74. The van der Waals surface area contributed by atoms with E-state index in [0.717, 1.165) is 15.6 Å². The Morgan fingerprint density at radius 2 is 1.96 bits per heavy atom. The van der Waals surface area contributed by atoms with Crippen LogP contribution < -0.4 is 10.1 Å². The fourth-order valence-corrected chi connectivity index (χ4v) is 4.14. The lowest BCUT2D eigenvalue weighted by Crippen LogP contribution is -2.25. The zero-order valence-corrected chi connectivity index (χ0v) is 17.2. The first-order valence-corrected chi connectivity index (χ1v) is 9.90. The fourth-order valence-electron chi connectivity index (χ4n) is 2.50. The van der Waals surface area contributed by atoms with Crippen LogP contribution in [0.3, 0.4) is 0 Å². The number of amidine groups is 1. The number of carbonyl (C=O) groups excluding carboxylic acids is 2. The van der Waals surface area contributed by atoms with Crippen molar-refractivity contribution in [3.05, 3.63) is 64.1 Å². The summed E-state index contributed by atoms with van der Waals surface area (Å²) < 4.78 is 6.65. The molecule has 3 rings (SSSR count). The Kier molecular flexibility index (Phi) is 6.18. The number of ether oxygens (including phenoxy) is 1. The molecule has 1 aliphatic rings. The van der Waals surface area contributed by atoms with E-state index in [9.17, 15) is 9.59 Å². The maximum Gasteiger partial charge on any atom is 0.241 e. The molecule has 140 valence electrons. The van der Waals surface area contributed by atoms with Gasteiger partial charge in [0.1, 0.15) is 17.7 Å². The summed E-state index contributed by atoms with van der Waals surface area (Å²) in [5, 5.41) is 8.26. The topological polar surface area (TPSA) is 71.0 Å². The molecule has 2 aromatic rings. The lowest BCUT2D eigenvalue weighted by molar-refractivity contribution is -0.129. The van der Waals surface area contributed by atoms with Crippen molar-refractivity contribution in [2.45, 2.75) is 25.8 Å². The SMILES string of the molecule is CC(=O)NC1=NN(C(C)=O)[C@@H](c2ccc(OCc3ccccc3)c(Br)c2)S1. The van der Waals surface area contributed by atoms with Gasteiger partial charge in [-0.3, -0.25) is 9.59 Å². The lowest BCUT2D eigenvalue weighted by Gasteiger charge is -2.20. The van der Waals surface area contributed by atoms with Crippen molar-refractivity contribution in [3.63, 3.8) is 0 Å². The van der Waals surface area contributed by atoms with Crippen LogP contribution in [0.2, 0.25) is 0 Å². The van der Waals surface area contributed by atoms with Crippen LogP contribution in [-0.4, -0.2) is 22.0 Å². The Morgan fingerprint density at radius 1 is 1.22 bits per heavy atom. The van der Waals surface area contributed by atoms with E-state index in [4.69, 9.17) is 4.74 Å². The second-order valence-electron chi connectivity index (χ2n) is 5.88. The van der Waals surface area contributed by atoms with Crippen LogP contribution in [0.1, 0.15) is 30.3 Å². The van der Waals surface area contributed by atoms with Crippen molar-refractivity contribution in [1.82, 2.24) is 10.3 Å². The van der Waals surface area contributed by atoms with Gasteiger partial charge >= 0.3 is 0 Å². The molecule has 0 radical (unpaired) electrons. The van der Waals surface area contributed by atoms with Crippen molar-refractivity contribution < 1.29 is 14.3 Å². The van der Waals surface area contributed by atoms with Gasteiger partial charge in [-0.1, -0.05) is 48.2 Å². The first-order chi connectivity index (χ1) is 12.9. The number of halogens is 1. The van der Waals surface area contributed by atoms with Crippen LogP contribution >= 0.6 is 27.7 Å². The molecule has 6 nitrogen and oxygen atoms in total. The van der Waals surface area contributed by atoms with Crippen LogP contribution in [-0.2, 0) is 16.2 Å². The zero-order chi connectivity index (χ0) is 19.4.